The van der Waals surface area contributed by atoms with Crippen LogP contribution in [-0.4, -0.2) is 43.9 Å². The van der Waals surface area contributed by atoms with E-state index in [9.17, 15) is 9.18 Å². The maximum absolute atomic E-state index is 13.2. The highest BCUT2D eigenvalue weighted by atomic mass is 19.1. The molecule has 0 radical (unpaired) electrons. The summed E-state index contributed by atoms with van der Waals surface area (Å²) < 4.78 is 26.1. The Hall–Kier alpha value is -4.01. The minimum atomic E-state index is -0.336. The molecule has 0 fully saturated rings. The van der Waals surface area contributed by atoms with Crippen LogP contribution < -0.4 is 4.74 Å². The number of ether oxygens (including phenoxy) is 1. The van der Waals surface area contributed by atoms with Crippen LogP contribution in [0.1, 0.15) is 11.3 Å². The number of carbonyl (C=O) groups excluding carboxylic acids is 1. The second-order valence-corrected chi connectivity index (χ2v) is 7.49. The Labute approximate surface area is 183 Å². The minimum Gasteiger partial charge on any atom is -0.484 e. The first-order valence-electron chi connectivity index (χ1n) is 10.2. The Kier molecular flexibility index (Phi) is 5.14. The quantitative estimate of drug-likeness (QED) is 0.480. The number of nitrogens with zero attached hydrogens (tertiary/aromatic N) is 5. The fourth-order valence-electron chi connectivity index (χ4n) is 3.77. The van der Waals surface area contributed by atoms with Gasteiger partial charge in [-0.2, -0.15) is 10.1 Å². The summed E-state index contributed by atoms with van der Waals surface area (Å²) in [5.74, 6) is 0.819. The molecule has 1 aliphatic rings. The number of hydrogen-bond acceptors (Lipinski definition) is 6. The highest BCUT2D eigenvalue weighted by Gasteiger charge is 2.29. The van der Waals surface area contributed by atoms with E-state index in [1.165, 1.54) is 12.1 Å². The zero-order valence-electron chi connectivity index (χ0n) is 17.4. The van der Waals surface area contributed by atoms with Crippen molar-refractivity contribution in [2.24, 2.45) is 7.05 Å². The third kappa shape index (κ3) is 3.84. The molecule has 9 heteroatoms. The summed E-state index contributed by atoms with van der Waals surface area (Å²) in [6, 6.07) is 15.1. The molecule has 3 heterocycles. The zero-order chi connectivity index (χ0) is 22.1. The first-order chi connectivity index (χ1) is 15.6. The number of amides is 1. The van der Waals surface area contributed by atoms with E-state index in [0.717, 1.165) is 11.3 Å². The second-order valence-electron chi connectivity index (χ2n) is 7.49. The lowest BCUT2D eigenvalue weighted by molar-refractivity contribution is -0.134. The normalized spacial score (nSPS) is 13.1. The summed E-state index contributed by atoms with van der Waals surface area (Å²) in [7, 11) is 1.86. The van der Waals surface area contributed by atoms with Gasteiger partial charge < -0.3 is 14.2 Å². The summed E-state index contributed by atoms with van der Waals surface area (Å²) in [6.45, 7) is 0.918. The van der Waals surface area contributed by atoms with Crippen LogP contribution >= 0.6 is 0 Å². The van der Waals surface area contributed by atoms with Crippen molar-refractivity contribution in [3.05, 3.63) is 71.7 Å². The van der Waals surface area contributed by atoms with Crippen LogP contribution in [-0.2, 0) is 24.8 Å². The molecule has 4 aromatic rings. The standard InChI is InChI=1S/C23H20FN5O3/c1-28-19-11-12-29(20(30)14-31-17-5-3-2-4-6-17)13-18(19)21(26-28)23-25-22(27-32-23)15-7-9-16(24)10-8-15/h2-10H,11-14H2,1H3. The van der Waals surface area contributed by atoms with Gasteiger partial charge in [-0.3, -0.25) is 9.48 Å². The number of fused-ring (bicyclic) bond motifs is 1. The van der Waals surface area contributed by atoms with Crippen LogP contribution in [0.25, 0.3) is 23.0 Å². The number of aromatic nitrogens is 4. The molecule has 5 rings (SSSR count). The van der Waals surface area contributed by atoms with Crippen molar-refractivity contribution in [2.45, 2.75) is 13.0 Å². The molecule has 0 saturated heterocycles. The molecule has 2 aromatic carbocycles. The van der Waals surface area contributed by atoms with Crippen LogP contribution in [0.3, 0.4) is 0 Å². The van der Waals surface area contributed by atoms with E-state index in [2.05, 4.69) is 15.2 Å². The molecule has 8 nitrogen and oxygen atoms in total. The van der Waals surface area contributed by atoms with Gasteiger partial charge in [-0.15, -0.1) is 0 Å². The number of aryl methyl sites for hydroxylation is 1. The fraction of sp³-hybridized carbons (Fsp3) is 0.217. The number of carbonyl (C=O) groups is 1. The van der Waals surface area contributed by atoms with Crippen LogP contribution in [0.15, 0.2) is 59.1 Å². The summed E-state index contributed by atoms with van der Waals surface area (Å²) in [5.41, 5.74) is 3.08. The van der Waals surface area contributed by atoms with Gasteiger partial charge in [0.2, 0.25) is 5.82 Å². The summed E-state index contributed by atoms with van der Waals surface area (Å²) >= 11 is 0. The molecule has 162 valence electrons. The Bertz CT molecular complexity index is 1250. The summed E-state index contributed by atoms with van der Waals surface area (Å²) in [5, 5.41) is 8.57. The van der Waals surface area contributed by atoms with Crippen molar-refractivity contribution < 1.29 is 18.4 Å². The summed E-state index contributed by atoms with van der Waals surface area (Å²) in [4.78, 5) is 18.9. The van der Waals surface area contributed by atoms with Crippen LogP contribution in [0.2, 0.25) is 0 Å². The topological polar surface area (TPSA) is 86.3 Å². The zero-order valence-corrected chi connectivity index (χ0v) is 17.4. The van der Waals surface area contributed by atoms with E-state index < -0.39 is 0 Å². The van der Waals surface area contributed by atoms with Gasteiger partial charge in [-0.1, -0.05) is 23.4 Å². The van der Waals surface area contributed by atoms with Gasteiger partial charge in [-0.25, -0.2) is 4.39 Å². The Balaban J connectivity index is 1.35. The van der Waals surface area contributed by atoms with Crippen molar-refractivity contribution in [3.8, 4) is 28.7 Å². The van der Waals surface area contributed by atoms with Gasteiger partial charge in [0.25, 0.3) is 11.8 Å². The second kappa shape index (κ2) is 8.26. The first kappa shape index (κ1) is 19.9. The van der Waals surface area contributed by atoms with Crippen molar-refractivity contribution in [2.75, 3.05) is 13.2 Å². The molecule has 0 atom stereocenters. The number of hydrogen-bond donors (Lipinski definition) is 0. The van der Waals surface area contributed by atoms with Gasteiger partial charge in [0.15, 0.2) is 12.3 Å². The van der Waals surface area contributed by atoms with Crippen molar-refractivity contribution in [3.63, 3.8) is 0 Å². The highest BCUT2D eigenvalue weighted by molar-refractivity contribution is 5.78. The predicted molar refractivity (Wildman–Crippen MR) is 113 cm³/mol. The van der Waals surface area contributed by atoms with Crippen LogP contribution in [0, 0.1) is 5.82 Å². The SMILES string of the molecule is Cn1nc(-c2nc(-c3ccc(F)cc3)no2)c2c1CCN(C(=O)COc1ccccc1)C2. The highest BCUT2D eigenvalue weighted by Crippen LogP contribution is 2.30. The van der Waals surface area contributed by atoms with Gasteiger partial charge >= 0.3 is 0 Å². The van der Waals surface area contributed by atoms with E-state index in [4.69, 9.17) is 9.26 Å². The third-order valence-corrected chi connectivity index (χ3v) is 5.43. The predicted octanol–water partition coefficient (Wildman–Crippen LogP) is 3.24. The average molecular weight is 433 g/mol. The number of benzene rings is 2. The van der Waals surface area contributed by atoms with E-state index >= 15 is 0 Å². The largest absolute Gasteiger partial charge is 0.484 e. The van der Waals surface area contributed by atoms with Crippen LogP contribution in [0.5, 0.6) is 5.75 Å². The molecule has 2 aromatic heterocycles. The molecule has 0 bridgehead atoms. The number of halogens is 1. The summed E-state index contributed by atoms with van der Waals surface area (Å²) in [6.07, 6.45) is 0.662. The Morgan fingerprint density at radius 1 is 1.16 bits per heavy atom. The molecular weight excluding hydrogens is 413 g/mol. The first-order valence-corrected chi connectivity index (χ1v) is 10.2. The van der Waals surface area contributed by atoms with E-state index in [1.54, 1.807) is 21.7 Å². The molecule has 0 unspecified atom stereocenters. The number of rotatable bonds is 5. The van der Waals surface area contributed by atoms with Crippen molar-refractivity contribution >= 4 is 5.91 Å². The molecule has 0 aliphatic carbocycles. The molecule has 1 amide bonds. The Morgan fingerprint density at radius 2 is 1.94 bits per heavy atom. The number of para-hydroxylation sites is 1. The maximum Gasteiger partial charge on any atom is 0.279 e. The molecule has 0 saturated carbocycles. The molecule has 1 aliphatic heterocycles. The molecule has 0 N–H and O–H groups in total. The maximum atomic E-state index is 13.2. The van der Waals surface area contributed by atoms with Crippen molar-refractivity contribution in [1.82, 2.24) is 24.8 Å². The molecule has 0 spiro atoms. The van der Waals surface area contributed by atoms with Gasteiger partial charge in [0.1, 0.15) is 11.6 Å². The smallest absolute Gasteiger partial charge is 0.279 e. The average Bonchev–Trinajstić information content (AvgIpc) is 3.43. The van der Waals surface area contributed by atoms with E-state index in [1.807, 2.05) is 37.4 Å². The minimum absolute atomic E-state index is 0.0375. The lowest BCUT2D eigenvalue weighted by atomic mass is 10.0. The van der Waals surface area contributed by atoms with Gasteiger partial charge in [0.05, 0.1) is 0 Å². The lowest BCUT2D eigenvalue weighted by Gasteiger charge is -2.27. The fourth-order valence-corrected chi connectivity index (χ4v) is 3.77. The van der Waals surface area contributed by atoms with Crippen molar-refractivity contribution in [1.29, 1.82) is 0 Å². The van der Waals surface area contributed by atoms with E-state index in [-0.39, 0.29) is 24.2 Å². The van der Waals surface area contributed by atoms with Crippen LogP contribution in [0.4, 0.5) is 4.39 Å². The molecule has 32 heavy (non-hydrogen) atoms. The van der Waals surface area contributed by atoms with Gasteiger partial charge in [0, 0.05) is 43.4 Å². The Morgan fingerprint density at radius 3 is 2.72 bits per heavy atom. The lowest BCUT2D eigenvalue weighted by Crippen LogP contribution is -2.39. The van der Waals surface area contributed by atoms with E-state index in [0.29, 0.717) is 42.3 Å². The third-order valence-electron chi connectivity index (χ3n) is 5.43. The monoisotopic (exact) mass is 433 g/mol. The van der Waals surface area contributed by atoms with Gasteiger partial charge in [-0.05, 0) is 36.4 Å². The molecular formula is C23H20FN5O3.